The first kappa shape index (κ1) is 26.7. The van der Waals surface area contributed by atoms with E-state index in [0.29, 0.717) is 5.56 Å². The van der Waals surface area contributed by atoms with Crippen LogP contribution in [0.25, 0.3) is 10.9 Å². The van der Waals surface area contributed by atoms with Crippen molar-refractivity contribution in [1.29, 1.82) is 5.26 Å². The molecule has 10 heteroatoms. The molecule has 0 aliphatic carbocycles. The molecule has 40 heavy (non-hydrogen) atoms. The Morgan fingerprint density at radius 3 is 2.77 bits per heavy atom. The molecule has 4 atom stereocenters. The average molecular weight is 543 g/mol. The normalized spacial score (nSPS) is 25.7. The highest BCUT2D eigenvalue weighted by Crippen LogP contribution is 2.30. The molecule has 0 spiro atoms. The number of anilines is 3. The fourth-order valence-electron chi connectivity index (χ4n) is 6.23. The molecule has 5 heterocycles. The second-order valence-corrected chi connectivity index (χ2v) is 11.0. The number of nitrogens with one attached hydrogen (secondary N) is 2. The van der Waals surface area contributed by atoms with Gasteiger partial charge >= 0.3 is 0 Å². The largest absolute Gasteiger partial charge is 0.378 e. The lowest BCUT2D eigenvalue weighted by atomic mass is 10.1. The van der Waals surface area contributed by atoms with Crippen molar-refractivity contribution in [1.82, 2.24) is 20.2 Å². The van der Waals surface area contributed by atoms with E-state index in [0.717, 1.165) is 87.1 Å². The summed E-state index contributed by atoms with van der Waals surface area (Å²) in [4.78, 5) is 16.7. The van der Waals surface area contributed by atoms with E-state index in [1.165, 1.54) is 0 Å². The molecule has 3 saturated heterocycles. The van der Waals surface area contributed by atoms with E-state index in [2.05, 4.69) is 67.6 Å². The minimum absolute atomic E-state index is 0.108. The Labute approximate surface area is 235 Å². The average Bonchev–Trinajstić information content (AvgIpc) is 3.44. The number of morpholine rings is 1. The molecule has 3 aliphatic heterocycles. The first-order valence-corrected chi connectivity index (χ1v) is 14.2. The Bertz CT molecular complexity index is 1360. The molecule has 0 saturated carbocycles. The zero-order chi connectivity index (χ0) is 27.5. The highest BCUT2D eigenvalue weighted by Gasteiger charge is 2.30. The SMILES string of the molecule is COC1CNCC1Nc1cccc(N2CCN(CC3CN(c4ccc(C#N)c5ncccc45)CC(C)O3)CC2)n1. The maximum absolute atomic E-state index is 9.54. The van der Waals surface area contributed by atoms with Crippen molar-refractivity contribution >= 4 is 28.2 Å². The molecule has 2 aromatic heterocycles. The van der Waals surface area contributed by atoms with Crippen molar-refractivity contribution in [2.24, 2.45) is 0 Å². The second-order valence-electron chi connectivity index (χ2n) is 11.0. The number of methoxy groups -OCH3 is 1. The van der Waals surface area contributed by atoms with Gasteiger partial charge in [-0.1, -0.05) is 6.07 Å². The zero-order valence-electron chi connectivity index (χ0n) is 23.3. The number of piperazine rings is 1. The van der Waals surface area contributed by atoms with Gasteiger partial charge in [0, 0.05) is 83.3 Å². The lowest BCUT2D eigenvalue weighted by molar-refractivity contribution is -0.0327. The van der Waals surface area contributed by atoms with Crippen LogP contribution in [0.5, 0.6) is 0 Å². The number of rotatable bonds is 7. The van der Waals surface area contributed by atoms with Gasteiger partial charge in [0.25, 0.3) is 0 Å². The topological polar surface area (TPSA) is 102 Å². The van der Waals surface area contributed by atoms with E-state index in [1.807, 2.05) is 18.2 Å². The van der Waals surface area contributed by atoms with Crippen LogP contribution in [-0.4, -0.2) is 105 Å². The number of ether oxygens (including phenoxy) is 2. The van der Waals surface area contributed by atoms with Crippen molar-refractivity contribution < 1.29 is 9.47 Å². The lowest BCUT2D eigenvalue weighted by Gasteiger charge is -2.42. The van der Waals surface area contributed by atoms with Gasteiger partial charge in [-0.2, -0.15) is 5.26 Å². The molecule has 210 valence electrons. The molecule has 0 amide bonds. The number of pyridine rings is 2. The molecule has 1 aromatic carbocycles. The van der Waals surface area contributed by atoms with Crippen molar-refractivity contribution in [3.05, 3.63) is 54.2 Å². The number of aromatic nitrogens is 2. The number of nitriles is 1. The number of hydrogen-bond acceptors (Lipinski definition) is 10. The number of benzene rings is 1. The quantitative estimate of drug-likeness (QED) is 0.463. The summed E-state index contributed by atoms with van der Waals surface area (Å²) in [6, 6.07) is 16.7. The van der Waals surface area contributed by atoms with Gasteiger partial charge in [-0.05, 0) is 43.3 Å². The van der Waals surface area contributed by atoms with Gasteiger partial charge in [0.15, 0.2) is 0 Å². The summed E-state index contributed by atoms with van der Waals surface area (Å²) in [5.74, 6) is 1.91. The smallest absolute Gasteiger partial charge is 0.131 e. The van der Waals surface area contributed by atoms with Crippen molar-refractivity contribution in [2.45, 2.75) is 31.3 Å². The van der Waals surface area contributed by atoms with Gasteiger partial charge < -0.3 is 29.9 Å². The van der Waals surface area contributed by atoms with E-state index >= 15 is 0 Å². The fraction of sp³-hybridized carbons (Fsp3) is 0.500. The number of hydrogen-bond donors (Lipinski definition) is 2. The summed E-state index contributed by atoms with van der Waals surface area (Å²) >= 11 is 0. The predicted octanol–water partition coefficient (Wildman–Crippen LogP) is 2.32. The molecule has 10 nitrogen and oxygen atoms in total. The van der Waals surface area contributed by atoms with Gasteiger partial charge in [0.05, 0.1) is 35.4 Å². The van der Waals surface area contributed by atoms with Crippen LogP contribution >= 0.6 is 0 Å². The van der Waals surface area contributed by atoms with Crippen LogP contribution in [0.15, 0.2) is 48.7 Å². The molecular formula is C30H38N8O2. The lowest BCUT2D eigenvalue weighted by Crippen LogP contribution is -2.54. The minimum Gasteiger partial charge on any atom is -0.378 e. The van der Waals surface area contributed by atoms with Crippen LogP contribution in [0, 0.1) is 11.3 Å². The summed E-state index contributed by atoms with van der Waals surface area (Å²) in [5, 5.41) is 17.5. The molecule has 3 fully saturated rings. The van der Waals surface area contributed by atoms with Gasteiger partial charge in [-0.25, -0.2) is 4.98 Å². The first-order chi connectivity index (χ1) is 19.6. The van der Waals surface area contributed by atoms with Gasteiger partial charge in [-0.3, -0.25) is 9.88 Å². The van der Waals surface area contributed by atoms with Gasteiger partial charge in [-0.15, -0.1) is 0 Å². The minimum atomic E-state index is 0.108. The molecule has 2 N–H and O–H groups in total. The monoisotopic (exact) mass is 542 g/mol. The third-order valence-corrected chi connectivity index (χ3v) is 8.22. The van der Waals surface area contributed by atoms with Gasteiger partial charge in [0.2, 0.25) is 0 Å². The zero-order valence-corrected chi connectivity index (χ0v) is 23.3. The number of fused-ring (bicyclic) bond motifs is 1. The van der Waals surface area contributed by atoms with E-state index in [4.69, 9.17) is 14.5 Å². The Kier molecular flexibility index (Phi) is 7.98. The third-order valence-electron chi connectivity index (χ3n) is 8.22. The molecule has 3 aromatic rings. The Hall–Kier alpha value is -3.49. The van der Waals surface area contributed by atoms with E-state index in [1.54, 1.807) is 13.3 Å². The summed E-state index contributed by atoms with van der Waals surface area (Å²) in [6.45, 7) is 10.2. The maximum Gasteiger partial charge on any atom is 0.131 e. The summed E-state index contributed by atoms with van der Waals surface area (Å²) < 4.78 is 12.0. The van der Waals surface area contributed by atoms with Crippen LogP contribution in [-0.2, 0) is 9.47 Å². The van der Waals surface area contributed by atoms with Crippen molar-refractivity contribution in [3.63, 3.8) is 0 Å². The fourth-order valence-corrected chi connectivity index (χ4v) is 6.23. The van der Waals surface area contributed by atoms with Crippen LogP contribution in [0.2, 0.25) is 0 Å². The predicted molar refractivity (Wildman–Crippen MR) is 157 cm³/mol. The van der Waals surface area contributed by atoms with Crippen LogP contribution < -0.4 is 20.4 Å². The molecular weight excluding hydrogens is 504 g/mol. The Morgan fingerprint density at radius 1 is 1.07 bits per heavy atom. The molecule has 6 rings (SSSR count). The molecule has 0 radical (unpaired) electrons. The van der Waals surface area contributed by atoms with Crippen LogP contribution in [0.4, 0.5) is 17.3 Å². The van der Waals surface area contributed by atoms with Crippen LogP contribution in [0.1, 0.15) is 12.5 Å². The second kappa shape index (κ2) is 11.9. The van der Waals surface area contributed by atoms with E-state index < -0.39 is 0 Å². The Morgan fingerprint density at radius 2 is 1.95 bits per heavy atom. The van der Waals surface area contributed by atoms with Gasteiger partial charge in [0.1, 0.15) is 17.7 Å². The van der Waals surface area contributed by atoms with Crippen molar-refractivity contribution in [2.75, 3.05) is 81.1 Å². The molecule has 4 unspecified atom stereocenters. The molecule has 3 aliphatic rings. The first-order valence-electron chi connectivity index (χ1n) is 14.2. The van der Waals surface area contributed by atoms with E-state index in [-0.39, 0.29) is 24.4 Å². The summed E-state index contributed by atoms with van der Waals surface area (Å²) in [6.07, 6.45) is 2.14. The summed E-state index contributed by atoms with van der Waals surface area (Å²) in [7, 11) is 1.76. The highest BCUT2D eigenvalue weighted by molar-refractivity contribution is 5.95. The van der Waals surface area contributed by atoms with Crippen LogP contribution in [0.3, 0.4) is 0 Å². The number of nitrogens with zero attached hydrogens (tertiary/aromatic N) is 6. The Balaban J connectivity index is 1.07. The van der Waals surface area contributed by atoms with Crippen molar-refractivity contribution in [3.8, 4) is 6.07 Å². The standard InChI is InChI=1S/C30H38N8O2/c1-21-18-38(26-9-8-22(15-31)30-24(26)5-4-10-33-30)20-23(40-21)19-36-11-13-37(14-12-36)29-7-3-6-28(35-29)34-25-16-32-17-27(25)39-2/h3-10,21,23,25,27,32H,11-14,16-20H2,1-2H3,(H,34,35). The third kappa shape index (κ3) is 5.69. The maximum atomic E-state index is 9.54. The highest BCUT2D eigenvalue weighted by atomic mass is 16.5. The van der Waals surface area contributed by atoms with E-state index in [9.17, 15) is 5.26 Å². The molecule has 0 bridgehead atoms. The summed E-state index contributed by atoms with van der Waals surface area (Å²) in [5.41, 5.74) is 2.50.